The third-order valence-electron chi connectivity index (χ3n) is 10.4. The summed E-state index contributed by atoms with van der Waals surface area (Å²) < 4.78 is 4.97. The predicted molar refractivity (Wildman–Crippen MR) is 227 cm³/mol. The number of benzene rings is 7. The second-order valence-electron chi connectivity index (χ2n) is 14.9. The van der Waals surface area contributed by atoms with Gasteiger partial charge in [-0.05, 0) is 58.5 Å². The molecule has 0 aliphatic carbocycles. The van der Waals surface area contributed by atoms with Crippen LogP contribution >= 0.6 is 11.3 Å². The van der Waals surface area contributed by atoms with Gasteiger partial charge in [-0.25, -0.2) is 15.0 Å². The zero-order chi connectivity index (χ0) is 36.4. The van der Waals surface area contributed by atoms with E-state index in [1.165, 1.54) is 42.1 Å². The van der Waals surface area contributed by atoms with E-state index in [0.717, 1.165) is 39.0 Å². The highest BCUT2D eigenvalue weighted by Gasteiger charge is 2.23. The molecule has 0 amide bonds. The number of para-hydroxylation sites is 1. The molecule has 0 saturated heterocycles. The van der Waals surface area contributed by atoms with Crippen LogP contribution in [-0.4, -0.2) is 19.5 Å². The van der Waals surface area contributed by atoms with Gasteiger partial charge in [-0.2, -0.15) is 0 Å². The van der Waals surface area contributed by atoms with Crippen LogP contribution in [-0.2, 0) is 5.41 Å². The van der Waals surface area contributed by atoms with Crippen molar-refractivity contribution in [2.24, 2.45) is 0 Å². The molecule has 3 aromatic heterocycles. The molecular weight excluding hydrogens is 677 g/mol. The van der Waals surface area contributed by atoms with Crippen LogP contribution < -0.4 is 0 Å². The molecule has 0 aliphatic rings. The third kappa shape index (κ3) is 5.39. The van der Waals surface area contributed by atoms with Crippen LogP contribution in [0.2, 0.25) is 0 Å². The minimum absolute atomic E-state index is 0.0203. The Hall–Kier alpha value is -6.43. The fourth-order valence-electron chi connectivity index (χ4n) is 7.72. The molecule has 0 atom stereocenters. The Kier molecular flexibility index (Phi) is 7.53. The van der Waals surface area contributed by atoms with E-state index in [4.69, 9.17) is 15.0 Å². The topological polar surface area (TPSA) is 43.6 Å². The zero-order valence-electron chi connectivity index (χ0n) is 30.3. The molecule has 0 fully saturated rings. The highest BCUT2D eigenvalue weighted by molar-refractivity contribution is 7.25. The van der Waals surface area contributed by atoms with Gasteiger partial charge in [0, 0.05) is 47.6 Å². The summed E-state index contributed by atoms with van der Waals surface area (Å²) in [7, 11) is 0. The second kappa shape index (κ2) is 12.6. The normalized spacial score (nSPS) is 12.0. The van der Waals surface area contributed by atoms with Gasteiger partial charge in [-0.15, -0.1) is 11.3 Å². The van der Waals surface area contributed by atoms with E-state index in [2.05, 4.69) is 153 Å². The summed E-state index contributed by atoms with van der Waals surface area (Å²) in [6.07, 6.45) is 0. The van der Waals surface area contributed by atoms with Crippen molar-refractivity contribution in [3.63, 3.8) is 0 Å². The summed E-state index contributed by atoms with van der Waals surface area (Å²) in [5.41, 5.74) is 9.70. The van der Waals surface area contributed by atoms with Crippen molar-refractivity contribution in [3.05, 3.63) is 169 Å². The number of thiophene rings is 1. The van der Waals surface area contributed by atoms with Crippen molar-refractivity contribution >= 4 is 53.3 Å². The maximum atomic E-state index is 5.29. The summed E-state index contributed by atoms with van der Waals surface area (Å²) in [6, 6.07) is 58.2. The average Bonchev–Trinajstić information content (AvgIpc) is 3.76. The molecule has 0 spiro atoms. The Morgan fingerprint density at radius 2 is 1.06 bits per heavy atom. The number of hydrogen-bond donors (Lipinski definition) is 0. The molecule has 0 N–H and O–H groups in total. The first-order valence-corrected chi connectivity index (χ1v) is 19.2. The van der Waals surface area contributed by atoms with E-state index in [-0.39, 0.29) is 5.41 Å². The van der Waals surface area contributed by atoms with Crippen molar-refractivity contribution in [2.45, 2.75) is 26.2 Å². The fraction of sp³-hybridized carbons (Fsp3) is 0.0816. The van der Waals surface area contributed by atoms with Crippen molar-refractivity contribution in [3.8, 4) is 51.0 Å². The molecule has 0 aliphatic heterocycles. The first-order chi connectivity index (χ1) is 26.4. The molecule has 4 nitrogen and oxygen atoms in total. The standard InChI is InChI=1S/C49H36N4S/c1-49(2,3)34-26-27-37-36-19-10-12-22-40(36)53(42(37)30-34)41-28-25-33(35-21-14-24-44-45(35)38-20-11-13-23-43(38)54-44)29-39(41)48-51-46(31-15-6-4-7-16-31)50-47(52-48)32-17-8-5-9-18-32/h4-30H,1-3H3. The van der Waals surface area contributed by atoms with Crippen LogP contribution in [0.5, 0.6) is 0 Å². The Morgan fingerprint density at radius 1 is 0.444 bits per heavy atom. The highest BCUT2D eigenvalue weighted by Crippen LogP contribution is 2.43. The summed E-state index contributed by atoms with van der Waals surface area (Å²) in [6.45, 7) is 6.82. The maximum absolute atomic E-state index is 5.29. The van der Waals surface area contributed by atoms with Crippen LogP contribution in [0.1, 0.15) is 26.3 Å². The van der Waals surface area contributed by atoms with Gasteiger partial charge in [0.15, 0.2) is 17.5 Å². The van der Waals surface area contributed by atoms with E-state index in [0.29, 0.717) is 17.5 Å². The maximum Gasteiger partial charge on any atom is 0.166 e. The van der Waals surface area contributed by atoms with Gasteiger partial charge in [-0.3, -0.25) is 0 Å². The lowest BCUT2D eigenvalue weighted by molar-refractivity contribution is 0.591. The van der Waals surface area contributed by atoms with Crippen LogP contribution in [0.3, 0.4) is 0 Å². The van der Waals surface area contributed by atoms with Crippen LogP contribution in [0, 0.1) is 0 Å². The van der Waals surface area contributed by atoms with Crippen LogP contribution in [0.4, 0.5) is 0 Å². The number of aromatic nitrogens is 4. The summed E-state index contributed by atoms with van der Waals surface area (Å²) in [4.78, 5) is 15.6. The third-order valence-corrected chi connectivity index (χ3v) is 11.6. The van der Waals surface area contributed by atoms with Gasteiger partial charge in [0.25, 0.3) is 0 Å². The summed E-state index contributed by atoms with van der Waals surface area (Å²) in [5.74, 6) is 1.90. The zero-order valence-corrected chi connectivity index (χ0v) is 31.1. The smallest absolute Gasteiger partial charge is 0.166 e. The first kappa shape index (κ1) is 32.2. The predicted octanol–water partition coefficient (Wildman–Crippen LogP) is 13.3. The van der Waals surface area contributed by atoms with Crippen molar-refractivity contribution < 1.29 is 0 Å². The number of hydrogen-bond acceptors (Lipinski definition) is 4. The monoisotopic (exact) mass is 712 g/mol. The Balaban J connectivity index is 1.31. The van der Waals surface area contributed by atoms with Gasteiger partial charge in [0.1, 0.15) is 0 Å². The Bertz CT molecular complexity index is 2970. The molecule has 10 aromatic rings. The second-order valence-corrected chi connectivity index (χ2v) is 16.0. The van der Waals surface area contributed by atoms with Crippen LogP contribution in [0.25, 0.3) is 93.0 Å². The molecule has 7 aromatic carbocycles. The highest BCUT2D eigenvalue weighted by atomic mass is 32.1. The Morgan fingerprint density at radius 3 is 1.78 bits per heavy atom. The molecule has 0 unspecified atom stereocenters. The van der Waals surface area contributed by atoms with Gasteiger partial charge in [-0.1, -0.05) is 148 Å². The van der Waals surface area contributed by atoms with Gasteiger partial charge in [0.05, 0.1) is 16.7 Å². The molecule has 258 valence electrons. The largest absolute Gasteiger partial charge is 0.308 e. The van der Waals surface area contributed by atoms with E-state index in [1.54, 1.807) is 0 Å². The van der Waals surface area contributed by atoms with Crippen molar-refractivity contribution in [2.75, 3.05) is 0 Å². The number of fused-ring (bicyclic) bond motifs is 6. The van der Waals surface area contributed by atoms with Crippen molar-refractivity contribution in [1.29, 1.82) is 0 Å². The SMILES string of the molecule is CC(C)(C)c1ccc2c3ccccc3n(-c3ccc(-c4cccc5sc6ccccc6c45)cc3-c3nc(-c4ccccc4)nc(-c4ccccc4)n3)c2c1. The fourth-order valence-corrected chi connectivity index (χ4v) is 8.85. The quantitative estimate of drug-likeness (QED) is 0.178. The van der Waals surface area contributed by atoms with Gasteiger partial charge < -0.3 is 4.57 Å². The first-order valence-electron chi connectivity index (χ1n) is 18.4. The molecule has 54 heavy (non-hydrogen) atoms. The summed E-state index contributed by atoms with van der Waals surface area (Å²) >= 11 is 1.84. The minimum Gasteiger partial charge on any atom is -0.308 e. The van der Waals surface area contributed by atoms with E-state index < -0.39 is 0 Å². The number of rotatable bonds is 5. The van der Waals surface area contributed by atoms with Crippen molar-refractivity contribution in [1.82, 2.24) is 19.5 Å². The molecule has 0 bridgehead atoms. The number of nitrogens with zero attached hydrogens (tertiary/aromatic N) is 4. The van der Waals surface area contributed by atoms with Gasteiger partial charge >= 0.3 is 0 Å². The molecule has 3 heterocycles. The lowest BCUT2D eigenvalue weighted by Crippen LogP contribution is -2.11. The average molecular weight is 713 g/mol. The Labute approximate surface area is 318 Å². The molecule has 0 saturated carbocycles. The molecule has 5 heteroatoms. The van der Waals surface area contributed by atoms with Crippen LogP contribution in [0.15, 0.2) is 164 Å². The van der Waals surface area contributed by atoms with E-state index >= 15 is 0 Å². The lowest BCUT2D eigenvalue weighted by Gasteiger charge is -2.20. The molecule has 0 radical (unpaired) electrons. The van der Waals surface area contributed by atoms with Gasteiger partial charge in [0.2, 0.25) is 0 Å². The van der Waals surface area contributed by atoms with E-state index in [1.807, 2.05) is 47.7 Å². The lowest BCUT2D eigenvalue weighted by atomic mass is 9.86. The molecular formula is C49H36N4S. The minimum atomic E-state index is -0.0203. The summed E-state index contributed by atoms with van der Waals surface area (Å²) in [5, 5.41) is 4.97. The van der Waals surface area contributed by atoms with E-state index in [9.17, 15) is 0 Å². The molecule has 10 rings (SSSR count).